The van der Waals surface area contributed by atoms with Crippen molar-refractivity contribution in [2.45, 2.75) is 0 Å². The van der Waals surface area contributed by atoms with Crippen LogP contribution in [0.4, 0.5) is 0 Å². The predicted octanol–water partition coefficient (Wildman–Crippen LogP) is 2.50. The highest BCUT2D eigenvalue weighted by atomic mass is 16.5. The Kier molecular flexibility index (Phi) is 4.51. The standard InChI is InChI=1S/C16H10O7/c17-7-9-1-2-12(6-14(9)16(21)22)23-11-3-4-13(15(19)20)10(5-11)8-18/h1-8H,(H,19,20)(H,21,22). The van der Waals surface area contributed by atoms with Crippen LogP contribution in [0.1, 0.15) is 41.4 Å². The van der Waals surface area contributed by atoms with Crippen molar-refractivity contribution in [2.75, 3.05) is 0 Å². The number of aldehydes is 2. The van der Waals surface area contributed by atoms with E-state index in [0.717, 1.165) is 6.07 Å². The van der Waals surface area contributed by atoms with Gasteiger partial charge in [-0.05, 0) is 36.4 Å². The highest BCUT2D eigenvalue weighted by Crippen LogP contribution is 2.25. The van der Waals surface area contributed by atoms with E-state index in [1.54, 1.807) is 0 Å². The van der Waals surface area contributed by atoms with Crippen LogP contribution < -0.4 is 4.74 Å². The van der Waals surface area contributed by atoms with Crippen molar-refractivity contribution in [2.24, 2.45) is 0 Å². The predicted molar refractivity (Wildman–Crippen MR) is 77.7 cm³/mol. The van der Waals surface area contributed by atoms with Crippen molar-refractivity contribution < 1.29 is 34.1 Å². The molecule has 0 aromatic heterocycles. The summed E-state index contributed by atoms with van der Waals surface area (Å²) in [4.78, 5) is 43.7. The molecular weight excluding hydrogens is 304 g/mol. The van der Waals surface area contributed by atoms with E-state index >= 15 is 0 Å². The third kappa shape index (κ3) is 3.41. The number of hydrogen-bond acceptors (Lipinski definition) is 5. The molecule has 0 fully saturated rings. The maximum atomic E-state index is 11.1. The largest absolute Gasteiger partial charge is 0.478 e. The molecule has 2 rings (SSSR count). The van der Waals surface area contributed by atoms with Gasteiger partial charge in [-0.15, -0.1) is 0 Å². The molecule has 0 aliphatic carbocycles. The Morgan fingerprint density at radius 2 is 1.35 bits per heavy atom. The molecule has 2 aromatic carbocycles. The molecule has 0 heterocycles. The Morgan fingerprint density at radius 3 is 1.91 bits per heavy atom. The Balaban J connectivity index is 2.38. The van der Waals surface area contributed by atoms with Gasteiger partial charge in [-0.1, -0.05) is 0 Å². The maximum Gasteiger partial charge on any atom is 0.336 e. The summed E-state index contributed by atoms with van der Waals surface area (Å²) in [5, 5.41) is 18.0. The molecule has 0 aliphatic heterocycles. The first-order chi connectivity index (χ1) is 11.0. The zero-order valence-electron chi connectivity index (χ0n) is 11.6. The molecule has 0 radical (unpaired) electrons. The van der Waals surface area contributed by atoms with Crippen LogP contribution in [-0.4, -0.2) is 34.7 Å². The van der Waals surface area contributed by atoms with Gasteiger partial charge in [0.05, 0.1) is 11.1 Å². The summed E-state index contributed by atoms with van der Waals surface area (Å²) in [5.74, 6) is -2.24. The van der Waals surface area contributed by atoms with Gasteiger partial charge in [-0.3, -0.25) is 9.59 Å². The second-order valence-electron chi connectivity index (χ2n) is 4.45. The number of ether oxygens (including phenoxy) is 1. The monoisotopic (exact) mass is 314 g/mol. The van der Waals surface area contributed by atoms with Crippen LogP contribution in [0.25, 0.3) is 0 Å². The Morgan fingerprint density at radius 1 is 0.783 bits per heavy atom. The first-order valence-electron chi connectivity index (χ1n) is 6.29. The van der Waals surface area contributed by atoms with E-state index in [0.29, 0.717) is 12.6 Å². The van der Waals surface area contributed by atoms with Crippen LogP contribution in [0.5, 0.6) is 11.5 Å². The van der Waals surface area contributed by atoms with Gasteiger partial charge in [-0.2, -0.15) is 0 Å². The minimum Gasteiger partial charge on any atom is -0.478 e. The molecule has 0 bridgehead atoms. The minimum absolute atomic E-state index is 0.000319. The molecule has 0 aliphatic rings. The summed E-state index contributed by atoms with van der Waals surface area (Å²) in [6.45, 7) is 0. The van der Waals surface area contributed by atoms with Crippen molar-refractivity contribution in [1.29, 1.82) is 0 Å². The summed E-state index contributed by atoms with van der Waals surface area (Å²) in [6.07, 6.45) is 0.799. The fourth-order valence-corrected chi connectivity index (χ4v) is 1.92. The molecule has 7 nitrogen and oxygen atoms in total. The Labute approximate surface area is 129 Å². The van der Waals surface area contributed by atoms with Gasteiger partial charge in [0.1, 0.15) is 11.5 Å². The summed E-state index contributed by atoms with van der Waals surface area (Å²) in [5.41, 5.74) is -0.470. The SMILES string of the molecule is O=Cc1cc(Oc2ccc(C=O)c(C(=O)O)c2)ccc1C(=O)O. The van der Waals surface area contributed by atoms with E-state index in [2.05, 4.69) is 0 Å². The summed E-state index contributed by atoms with van der Waals surface area (Å²) < 4.78 is 5.41. The molecule has 0 amide bonds. The molecule has 23 heavy (non-hydrogen) atoms. The smallest absolute Gasteiger partial charge is 0.336 e. The normalized spacial score (nSPS) is 9.91. The number of aromatic carboxylic acids is 2. The number of carbonyl (C=O) groups is 4. The molecule has 0 atom stereocenters. The fourth-order valence-electron chi connectivity index (χ4n) is 1.92. The minimum atomic E-state index is -1.28. The van der Waals surface area contributed by atoms with E-state index in [4.69, 9.17) is 14.9 Å². The van der Waals surface area contributed by atoms with Gasteiger partial charge in [-0.25, -0.2) is 9.59 Å². The zero-order valence-corrected chi connectivity index (χ0v) is 11.6. The second kappa shape index (κ2) is 6.52. The van der Waals surface area contributed by atoms with E-state index in [1.165, 1.54) is 30.3 Å². The second-order valence-corrected chi connectivity index (χ2v) is 4.45. The fraction of sp³-hybridized carbons (Fsp3) is 0. The molecule has 0 unspecified atom stereocenters. The third-order valence-corrected chi connectivity index (χ3v) is 3.00. The van der Waals surface area contributed by atoms with Crippen molar-refractivity contribution >= 4 is 24.5 Å². The lowest BCUT2D eigenvalue weighted by atomic mass is 10.1. The molecule has 0 saturated heterocycles. The molecular formula is C16H10O7. The van der Waals surface area contributed by atoms with E-state index in [-0.39, 0.29) is 33.8 Å². The molecule has 0 spiro atoms. The number of hydrogen-bond donors (Lipinski definition) is 2. The van der Waals surface area contributed by atoms with E-state index in [9.17, 15) is 19.2 Å². The Hall–Kier alpha value is -3.48. The third-order valence-electron chi connectivity index (χ3n) is 3.00. The average molecular weight is 314 g/mol. The first-order valence-corrected chi connectivity index (χ1v) is 6.29. The maximum absolute atomic E-state index is 11.1. The molecule has 116 valence electrons. The lowest BCUT2D eigenvalue weighted by Crippen LogP contribution is -2.03. The number of carbonyl (C=O) groups excluding carboxylic acids is 2. The van der Waals surface area contributed by atoms with Gasteiger partial charge in [0.15, 0.2) is 12.6 Å². The summed E-state index contributed by atoms with van der Waals surface area (Å²) in [6, 6.07) is 7.62. The first kappa shape index (κ1) is 15.9. The van der Waals surface area contributed by atoms with Crippen molar-refractivity contribution in [1.82, 2.24) is 0 Å². The van der Waals surface area contributed by atoms with Gasteiger partial charge >= 0.3 is 11.9 Å². The number of carboxylic acids is 2. The lowest BCUT2D eigenvalue weighted by Gasteiger charge is -2.09. The van der Waals surface area contributed by atoms with Crippen LogP contribution in [0.3, 0.4) is 0 Å². The Bertz CT molecular complexity index is 808. The highest BCUT2D eigenvalue weighted by Gasteiger charge is 2.13. The van der Waals surface area contributed by atoms with Crippen molar-refractivity contribution in [3.63, 3.8) is 0 Å². The molecule has 7 heteroatoms. The van der Waals surface area contributed by atoms with Crippen molar-refractivity contribution in [3.8, 4) is 11.5 Å². The molecule has 2 N–H and O–H groups in total. The van der Waals surface area contributed by atoms with Gasteiger partial charge in [0.2, 0.25) is 0 Å². The number of benzene rings is 2. The van der Waals surface area contributed by atoms with Crippen molar-refractivity contribution in [3.05, 3.63) is 58.7 Å². The number of rotatable bonds is 6. The van der Waals surface area contributed by atoms with Gasteiger partial charge in [0.25, 0.3) is 0 Å². The van der Waals surface area contributed by atoms with Crippen LogP contribution in [-0.2, 0) is 0 Å². The quantitative estimate of drug-likeness (QED) is 0.786. The highest BCUT2D eigenvalue weighted by molar-refractivity contribution is 5.98. The molecule has 2 aromatic rings. The van der Waals surface area contributed by atoms with Crippen LogP contribution in [0, 0.1) is 0 Å². The zero-order chi connectivity index (χ0) is 17.0. The summed E-state index contributed by atoms with van der Waals surface area (Å²) in [7, 11) is 0. The van der Waals surface area contributed by atoms with Gasteiger partial charge in [0, 0.05) is 11.1 Å². The summed E-state index contributed by atoms with van der Waals surface area (Å²) >= 11 is 0. The van der Waals surface area contributed by atoms with E-state index in [1.807, 2.05) is 0 Å². The van der Waals surface area contributed by atoms with Crippen LogP contribution in [0.2, 0.25) is 0 Å². The van der Waals surface area contributed by atoms with Crippen LogP contribution >= 0.6 is 0 Å². The van der Waals surface area contributed by atoms with Crippen LogP contribution in [0.15, 0.2) is 36.4 Å². The lowest BCUT2D eigenvalue weighted by molar-refractivity contribution is 0.0684. The molecule has 0 saturated carbocycles. The number of carboxylic acid groups (broad SMARTS) is 2. The van der Waals surface area contributed by atoms with E-state index < -0.39 is 11.9 Å². The van der Waals surface area contributed by atoms with Gasteiger partial charge < -0.3 is 14.9 Å². The average Bonchev–Trinajstić information content (AvgIpc) is 2.54. The topological polar surface area (TPSA) is 118 Å².